The Morgan fingerprint density at radius 3 is 2.53 bits per heavy atom. The van der Waals surface area contributed by atoms with Gasteiger partial charge in [-0.15, -0.1) is 0 Å². The van der Waals surface area contributed by atoms with Crippen LogP contribution < -0.4 is 5.32 Å². The predicted octanol–water partition coefficient (Wildman–Crippen LogP) is 3.44. The summed E-state index contributed by atoms with van der Waals surface area (Å²) in [4.78, 5) is 4.11. The maximum Gasteiger partial charge on any atom is 0.0528 e. The van der Waals surface area contributed by atoms with E-state index in [4.69, 9.17) is 0 Å². The summed E-state index contributed by atoms with van der Waals surface area (Å²) in [5, 5.41) is 3.52. The van der Waals surface area contributed by atoms with Gasteiger partial charge in [0.1, 0.15) is 0 Å². The van der Waals surface area contributed by atoms with Gasteiger partial charge in [0, 0.05) is 18.4 Å². The van der Waals surface area contributed by atoms with E-state index in [9.17, 15) is 0 Å². The van der Waals surface area contributed by atoms with Crippen molar-refractivity contribution in [1.82, 2.24) is 4.98 Å². The summed E-state index contributed by atoms with van der Waals surface area (Å²) in [6.45, 7) is 0. The fourth-order valence-corrected chi connectivity index (χ4v) is 2.42. The van der Waals surface area contributed by atoms with E-state index in [1.807, 2.05) is 12.3 Å². The van der Waals surface area contributed by atoms with E-state index in [1.165, 1.54) is 18.4 Å². The number of aromatic nitrogens is 1. The first kappa shape index (κ1) is 10.3. The first-order valence-corrected chi connectivity index (χ1v) is 6.13. The molecule has 1 aliphatic carbocycles. The molecule has 0 spiro atoms. The lowest BCUT2D eigenvalue weighted by atomic mass is 9.76. The molecule has 1 fully saturated rings. The molecule has 1 aliphatic rings. The molecule has 1 saturated carbocycles. The lowest BCUT2D eigenvalue weighted by Gasteiger charge is -2.36. The quantitative estimate of drug-likeness (QED) is 0.863. The fraction of sp³-hybridized carbons (Fsp3) is 0.267. The van der Waals surface area contributed by atoms with Crippen LogP contribution in [0.3, 0.4) is 0 Å². The van der Waals surface area contributed by atoms with Gasteiger partial charge in [-0.1, -0.05) is 30.3 Å². The molecule has 0 saturated heterocycles. The zero-order chi connectivity index (χ0) is 11.5. The van der Waals surface area contributed by atoms with Crippen molar-refractivity contribution in [1.29, 1.82) is 0 Å². The molecule has 0 unspecified atom stereocenters. The SMILES string of the molecule is c1ccc(C2CC(Nc3cccnc3)C2)cc1. The molecule has 86 valence electrons. The van der Waals surface area contributed by atoms with E-state index in [0.717, 1.165) is 11.6 Å². The Morgan fingerprint density at radius 2 is 1.82 bits per heavy atom. The number of hydrogen-bond acceptors (Lipinski definition) is 2. The average Bonchev–Trinajstić information content (AvgIpc) is 2.36. The second-order valence-corrected chi connectivity index (χ2v) is 4.66. The van der Waals surface area contributed by atoms with Crippen molar-refractivity contribution in [3.63, 3.8) is 0 Å². The zero-order valence-corrected chi connectivity index (χ0v) is 9.71. The van der Waals surface area contributed by atoms with Crippen LogP contribution in [0.1, 0.15) is 24.3 Å². The summed E-state index contributed by atoms with van der Waals surface area (Å²) in [5.74, 6) is 0.727. The highest BCUT2D eigenvalue weighted by Gasteiger charge is 2.29. The van der Waals surface area contributed by atoms with E-state index in [0.29, 0.717) is 6.04 Å². The smallest absolute Gasteiger partial charge is 0.0528 e. The van der Waals surface area contributed by atoms with Gasteiger partial charge in [-0.05, 0) is 36.5 Å². The van der Waals surface area contributed by atoms with E-state index in [-0.39, 0.29) is 0 Å². The predicted molar refractivity (Wildman–Crippen MR) is 70.1 cm³/mol. The van der Waals surface area contributed by atoms with E-state index in [2.05, 4.69) is 46.7 Å². The third kappa shape index (κ3) is 2.31. The van der Waals surface area contributed by atoms with Crippen molar-refractivity contribution in [2.24, 2.45) is 0 Å². The lowest BCUT2D eigenvalue weighted by Crippen LogP contribution is -2.33. The second kappa shape index (κ2) is 4.58. The van der Waals surface area contributed by atoms with Crippen LogP contribution >= 0.6 is 0 Å². The minimum Gasteiger partial charge on any atom is -0.381 e. The Bertz CT molecular complexity index is 461. The molecule has 1 aromatic carbocycles. The molecule has 0 amide bonds. The van der Waals surface area contributed by atoms with Gasteiger partial charge in [0.25, 0.3) is 0 Å². The highest BCUT2D eigenvalue weighted by atomic mass is 14.9. The fourth-order valence-electron chi connectivity index (χ4n) is 2.42. The number of pyridine rings is 1. The molecule has 1 N–H and O–H groups in total. The molecule has 0 radical (unpaired) electrons. The van der Waals surface area contributed by atoms with Crippen LogP contribution in [0.4, 0.5) is 5.69 Å². The Hall–Kier alpha value is -1.83. The number of nitrogens with one attached hydrogen (secondary N) is 1. The van der Waals surface area contributed by atoms with Crippen molar-refractivity contribution >= 4 is 5.69 Å². The molecule has 1 aromatic heterocycles. The molecule has 0 bridgehead atoms. The second-order valence-electron chi connectivity index (χ2n) is 4.66. The van der Waals surface area contributed by atoms with Crippen molar-refractivity contribution in [2.75, 3.05) is 5.32 Å². The third-order valence-electron chi connectivity index (χ3n) is 3.44. The number of hydrogen-bond donors (Lipinski definition) is 1. The molecular formula is C15H16N2. The molecular weight excluding hydrogens is 208 g/mol. The first-order valence-electron chi connectivity index (χ1n) is 6.13. The van der Waals surface area contributed by atoms with Gasteiger partial charge in [-0.25, -0.2) is 0 Å². The summed E-state index contributed by atoms with van der Waals surface area (Å²) in [5.41, 5.74) is 2.60. The van der Waals surface area contributed by atoms with Crippen LogP contribution in [0.25, 0.3) is 0 Å². The summed E-state index contributed by atoms with van der Waals surface area (Å²) < 4.78 is 0. The number of benzene rings is 1. The van der Waals surface area contributed by atoms with Gasteiger partial charge in [0.05, 0.1) is 5.69 Å². The van der Waals surface area contributed by atoms with Crippen LogP contribution in [0.5, 0.6) is 0 Å². The number of nitrogens with zero attached hydrogens (tertiary/aromatic N) is 1. The molecule has 0 atom stereocenters. The largest absolute Gasteiger partial charge is 0.381 e. The molecule has 1 heterocycles. The van der Waals surface area contributed by atoms with Gasteiger partial charge in [-0.3, -0.25) is 4.98 Å². The highest BCUT2D eigenvalue weighted by molar-refractivity contribution is 5.42. The Morgan fingerprint density at radius 1 is 1.00 bits per heavy atom. The van der Waals surface area contributed by atoms with Gasteiger partial charge < -0.3 is 5.32 Å². The lowest BCUT2D eigenvalue weighted by molar-refractivity contribution is 0.374. The van der Waals surface area contributed by atoms with Gasteiger partial charge >= 0.3 is 0 Å². The standard InChI is InChI=1S/C15H16N2/c1-2-5-12(6-3-1)13-9-15(10-13)17-14-7-4-8-16-11-14/h1-8,11,13,15,17H,9-10H2. The van der Waals surface area contributed by atoms with E-state index >= 15 is 0 Å². The van der Waals surface area contributed by atoms with Crippen molar-refractivity contribution in [3.05, 3.63) is 60.4 Å². The minimum absolute atomic E-state index is 0.601. The summed E-state index contributed by atoms with van der Waals surface area (Å²) in [7, 11) is 0. The summed E-state index contributed by atoms with van der Waals surface area (Å²) >= 11 is 0. The maximum absolute atomic E-state index is 4.11. The minimum atomic E-state index is 0.601. The normalized spacial score (nSPS) is 22.8. The van der Waals surface area contributed by atoms with Crippen LogP contribution in [-0.4, -0.2) is 11.0 Å². The molecule has 2 aromatic rings. The number of rotatable bonds is 3. The van der Waals surface area contributed by atoms with Crippen molar-refractivity contribution < 1.29 is 0 Å². The monoisotopic (exact) mass is 224 g/mol. The van der Waals surface area contributed by atoms with Gasteiger partial charge in [-0.2, -0.15) is 0 Å². The summed E-state index contributed by atoms with van der Waals surface area (Å²) in [6.07, 6.45) is 6.13. The Labute approximate surface area is 102 Å². The Balaban J connectivity index is 1.56. The van der Waals surface area contributed by atoms with Gasteiger partial charge in [0.2, 0.25) is 0 Å². The van der Waals surface area contributed by atoms with Crippen molar-refractivity contribution in [2.45, 2.75) is 24.8 Å². The van der Waals surface area contributed by atoms with E-state index in [1.54, 1.807) is 6.20 Å². The van der Waals surface area contributed by atoms with Crippen LogP contribution in [0.2, 0.25) is 0 Å². The van der Waals surface area contributed by atoms with Crippen LogP contribution in [-0.2, 0) is 0 Å². The average molecular weight is 224 g/mol. The molecule has 3 rings (SSSR count). The third-order valence-corrected chi connectivity index (χ3v) is 3.44. The van der Waals surface area contributed by atoms with E-state index < -0.39 is 0 Å². The maximum atomic E-state index is 4.11. The zero-order valence-electron chi connectivity index (χ0n) is 9.71. The molecule has 17 heavy (non-hydrogen) atoms. The summed E-state index contributed by atoms with van der Waals surface area (Å²) in [6, 6.07) is 15.4. The van der Waals surface area contributed by atoms with Crippen LogP contribution in [0.15, 0.2) is 54.9 Å². The Kier molecular flexibility index (Phi) is 2.78. The van der Waals surface area contributed by atoms with Crippen molar-refractivity contribution in [3.8, 4) is 0 Å². The highest BCUT2D eigenvalue weighted by Crippen LogP contribution is 2.38. The first-order chi connectivity index (χ1) is 8.42. The molecule has 2 nitrogen and oxygen atoms in total. The topological polar surface area (TPSA) is 24.9 Å². The molecule has 0 aliphatic heterocycles. The number of anilines is 1. The molecule has 2 heteroatoms. The van der Waals surface area contributed by atoms with Gasteiger partial charge in [0.15, 0.2) is 0 Å². The van der Waals surface area contributed by atoms with Crippen LogP contribution in [0, 0.1) is 0 Å².